The minimum absolute atomic E-state index is 0.0136. The van der Waals surface area contributed by atoms with Gasteiger partial charge in [0.15, 0.2) is 0 Å². The number of nitrogens with two attached hydrogens (primary N) is 2. The van der Waals surface area contributed by atoms with Crippen molar-refractivity contribution in [2.45, 2.75) is 85.9 Å². The summed E-state index contributed by atoms with van der Waals surface area (Å²) in [5.74, 6) is -0.801. The lowest BCUT2D eigenvalue weighted by Crippen LogP contribution is -2.47. The summed E-state index contributed by atoms with van der Waals surface area (Å²) in [6.45, 7) is 16.8. The number of hydrogen-bond acceptors (Lipinski definition) is 9. The number of amides is 3. The van der Waals surface area contributed by atoms with E-state index in [1.807, 2.05) is 32.0 Å². The van der Waals surface area contributed by atoms with Crippen LogP contribution in [0.1, 0.15) is 83.1 Å². The monoisotopic (exact) mass is 677 g/mol. The predicted octanol–water partition coefficient (Wildman–Crippen LogP) is 2.69. The topological polar surface area (TPSA) is 178 Å². The molecule has 1 heterocycles. The molecule has 1 aromatic carbocycles. The van der Waals surface area contributed by atoms with Gasteiger partial charge in [-0.05, 0) is 75.0 Å². The number of aliphatic hydroxyl groups excluding tert-OH is 1. The van der Waals surface area contributed by atoms with Crippen LogP contribution in [0.15, 0.2) is 18.2 Å². The summed E-state index contributed by atoms with van der Waals surface area (Å²) in [5.41, 5.74) is 12.6. The molecule has 274 valence electrons. The van der Waals surface area contributed by atoms with Crippen molar-refractivity contribution in [3.8, 4) is 5.75 Å². The molecule has 12 nitrogen and oxygen atoms in total. The Morgan fingerprint density at radius 2 is 1.69 bits per heavy atom. The van der Waals surface area contributed by atoms with Gasteiger partial charge in [0.05, 0.1) is 36.9 Å². The molecule has 12 heteroatoms. The summed E-state index contributed by atoms with van der Waals surface area (Å²) in [4.78, 5) is 40.6. The molecule has 0 spiro atoms. The second kappa shape index (κ2) is 20.7. The van der Waals surface area contributed by atoms with Gasteiger partial charge in [0, 0.05) is 58.4 Å². The lowest BCUT2D eigenvalue weighted by Gasteiger charge is -2.30. The van der Waals surface area contributed by atoms with E-state index in [0.717, 1.165) is 38.0 Å². The number of carbonyl (C=O) groups excluding carboxylic acids is 3. The highest BCUT2D eigenvalue weighted by atomic mass is 16.5. The van der Waals surface area contributed by atoms with Gasteiger partial charge < -0.3 is 41.4 Å². The second-order valence-corrected chi connectivity index (χ2v) is 14.5. The van der Waals surface area contributed by atoms with Gasteiger partial charge in [0.1, 0.15) is 5.75 Å². The minimum Gasteiger partial charge on any atom is -0.493 e. The maximum Gasteiger partial charge on any atom is 0.255 e. The molecule has 1 aliphatic heterocycles. The number of benzene rings is 1. The van der Waals surface area contributed by atoms with E-state index < -0.39 is 29.4 Å². The number of nitrogens with one attached hydrogen (secondary N) is 2. The van der Waals surface area contributed by atoms with Gasteiger partial charge in [-0.25, -0.2) is 0 Å². The third-order valence-corrected chi connectivity index (χ3v) is 9.35. The zero-order valence-corrected chi connectivity index (χ0v) is 30.4. The number of primary amides is 1. The smallest absolute Gasteiger partial charge is 0.255 e. The van der Waals surface area contributed by atoms with E-state index in [1.165, 1.54) is 0 Å². The van der Waals surface area contributed by atoms with Crippen molar-refractivity contribution in [3.63, 3.8) is 0 Å². The van der Waals surface area contributed by atoms with Gasteiger partial charge in [-0.1, -0.05) is 33.8 Å². The number of carbonyl (C=O) groups is 3. The molecule has 7 N–H and O–H groups in total. The summed E-state index contributed by atoms with van der Waals surface area (Å²) in [5, 5.41) is 17.0. The Kier molecular flexibility index (Phi) is 17.8. The maximum absolute atomic E-state index is 13.5. The number of rotatable bonds is 22. The van der Waals surface area contributed by atoms with Crippen LogP contribution in [0.4, 0.5) is 0 Å². The summed E-state index contributed by atoms with van der Waals surface area (Å²) in [6, 6.07) is 5.17. The second-order valence-electron chi connectivity index (χ2n) is 14.5. The molecule has 48 heavy (non-hydrogen) atoms. The van der Waals surface area contributed by atoms with Crippen LogP contribution >= 0.6 is 0 Å². The van der Waals surface area contributed by atoms with Gasteiger partial charge in [-0.15, -0.1) is 0 Å². The molecular formula is C36H63N5O7. The molecular weight excluding hydrogens is 614 g/mol. The molecule has 1 aliphatic rings. The number of aliphatic hydroxyl groups is 1. The molecule has 4 atom stereocenters. The molecule has 4 unspecified atom stereocenters. The van der Waals surface area contributed by atoms with Crippen molar-refractivity contribution in [1.82, 2.24) is 15.5 Å². The summed E-state index contributed by atoms with van der Waals surface area (Å²) < 4.78 is 16.8. The number of morpholine rings is 1. The molecule has 1 fully saturated rings. The Labute approximate surface area is 288 Å². The first-order chi connectivity index (χ1) is 22.7. The van der Waals surface area contributed by atoms with Crippen LogP contribution in [0.25, 0.3) is 0 Å². The van der Waals surface area contributed by atoms with Crippen molar-refractivity contribution in [2.24, 2.45) is 40.6 Å². The summed E-state index contributed by atoms with van der Waals surface area (Å²) in [6.07, 6.45) is 1.39. The lowest BCUT2D eigenvalue weighted by molar-refractivity contribution is -0.130. The predicted molar refractivity (Wildman–Crippen MR) is 187 cm³/mol. The molecule has 1 saturated heterocycles. The molecule has 3 amide bonds. The molecule has 0 saturated carbocycles. The largest absolute Gasteiger partial charge is 0.493 e. The third kappa shape index (κ3) is 14.0. The quantitative estimate of drug-likeness (QED) is 0.115. The van der Waals surface area contributed by atoms with Crippen molar-refractivity contribution < 1.29 is 33.7 Å². The number of ether oxygens (including phenoxy) is 3. The van der Waals surface area contributed by atoms with Crippen molar-refractivity contribution in [3.05, 3.63) is 29.3 Å². The van der Waals surface area contributed by atoms with E-state index in [2.05, 4.69) is 29.4 Å². The average Bonchev–Trinajstić information content (AvgIpc) is 3.04. The molecule has 1 aromatic rings. The Balaban J connectivity index is 2.05. The fraction of sp³-hybridized carbons (Fsp3) is 0.750. The van der Waals surface area contributed by atoms with Crippen LogP contribution in [0.3, 0.4) is 0 Å². The van der Waals surface area contributed by atoms with E-state index in [9.17, 15) is 19.5 Å². The van der Waals surface area contributed by atoms with Crippen LogP contribution in [0.2, 0.25) is 0 Å². The third-order valence-electron chi connectivity index (χ3n) is 9.35. The van der Waals surface area contributed by atoms with Crippen molar-refractivity contribution in [1.29, 1.82) is 0 Å². The van der Waals surface area contributed by atoms with Gasteiger partial charge in [-0.2, -0.15) is 0 Å². The minimum atomic E-state index is -0.929. The van der Waals surface area contributed by atoms with Crippen LogP contribution < -0.4 is 26.8 Å². The molecule has 0 aromatic heterocycles. The van der Waals surface area contributed by atoms with E-state index in [1.54, 1.807) is 21.0 Å². The van der Waals surface area contributed by atoms with E-state index in [-0.39, 0.29) is 42.5 Å². The number of hydrogen-bond donors (Lipinski definition) is 5. The Bertz CT molecular complexity index is 1140. The maximum atomic E-state index is 13.5. The van der Waals surface area contributed by atoms with Crippen molar-refractivity contribution in [2.75, 3.05) is 59.7 Å². The zero-order chi connectivity index (χ0) is 35.9. The SMILES string of the molecule is COCCCCOc1cc(CN2CCOCC2)ccc1C(=O)NCC(CC(N)C(O)CC(C(=O)NCC(C)(C)C(N)=O)C(C)C)C(C)C. The molecule has 0 aliphatic carbocycles. The fourth-order valence-corrected chi connectivity index (χ4v) is 5.58. The molecule has 2 rings (SSSR count). The molecule has 0 bridgehead atoms. The number of methoxy groups -OCH3 is 1. The first-order valence-corrected chi connectivity index (χ1v) is 17.5. The Hall–Kier alpha value is -2.77. The van der Waals surface area contributed by atoms with Gasteiger partial charge in [0.25, 0.3) is 5.91 Å². The van der Waals surface area contributed by atoms with Crippen LogP contribution in [-0.4, -0.2) is 99.6 Å². The van der Waals surface area contributed by atoms with Crippen LogP contribution in [0, 0.1) is 29.1 Å². The van der Waals surface area contributed by atoms with Gasteiger partial charge in [0.2, 0.25) is 11.8 Å². The number of unbranched alkanes of at least 4 members (excludes halogenated alkanes) is 1. The number of nitrogens with zero attached hydrogens (tertiary/aromatic N) is 1. The summed E-state index contributed by atoms with van der Waals surface area (Å²) >= 11 is 0. The highest BCUT2D eigenvalue weighted by Crippen LogP contribution is 2.26. The first kappa shape index (κ1) is 41.4. The van der Waals surface area contributed by atoms with Crippen LogP contribution in [-0.2, 0) is 25.6 Å². The highest BCUT2D eigenvalue weighted by molar-refractivity contribution is 5.97. The zero-order valence-electron chi connectivity index (χ0n) is 30.4. The molecule has 0 radical (unpaired) electrons. The standard InChI is InChI=1S/C36H63N5O7/c1-24(2)27(19-30(37)31(42)20-29(25(3)4)34(44)40-23-36(5,6)35(38)45)21-39-33(43)28-11-10-26(22-41-12-16-47-17-13-41)18-32(28)48-15-9-8-14-46-7/h10-11,18,24-25,27,29-31,42H,8-9,12-17,19-23,37H2,1-7H3,(H2,38,45)(H,39,43)(H,40,44). The Morgan fingerprint density at radius 1 is 1.02 bits per heavy atom. The Morgan fingerprint density at radius 3 is 2.29 bits per heavy atom. The lowest BCUT2D eigenvalue weighted by atomic mass is 9.83. The average molecular weight is 678 g/mol. The van der Waals surface area contributed by atoms with Crippen LogP contribution in [0.5, 0.6) is 5.75 Å². The van der Waals surface area contributed by atoms with E-state index in [0.29, 0.717) is 50.7 Å². The van der Waals surface area contributed by atoms with Gasteiger partial charge >= 0.3 is 0 Å². The van der Waals surface area contributed by atoms with Crippen molar-refractivity contribution >= 4 is 17.7 Å². The first-order valence-electron chi connectivity index (χ1n) is 17.5. The van der Waals surface area contributed by atoms with Gasteiger partial charge in [-0.3, -0.25) is 19.3 Å². The fourth-order valence-electron chi connectivity index (χ4n) is 5.58. The highest BCUT2D eigenvalue weighted by Gasteiger charge is 2.32. The normalized spacial score (nSPS) is 16.7. The van der Waals surface area contributed by atoms with E-state index >= 15 is 0 Å². The summed E-state index contributed by atoms with van der Waals surface area (Å²) in [7, 11) is 1.68. The van der Waals surface area contributed by atoms with E-state index in [4.69, 9.17) is 25.7 Å².